The molecule has 0 spiro atoms. The van der Waals surface area contributed by atoms with Gasteiger partial charge >= 0.3 is 0 Å². The van der Waals surface area contributed by atoms with Crippen LogP contribution in [-0.2, 0) is 0 Å². The Morgan fingerprint density at radius 1 is 0.400 bits per heavy atom. The Balaban J connectivity index is -0.00000000225. The van der Waals surface area contributed by atoms with Crippen LogP contribution in [0.4, 0.5) is 0 Å². The lowest BCUT2D eigenvalue weighted by Crippen LogP contribution is -0.856. The summed E-state index contributed by atoms with van der Waals surface area (Å²) in [7, 11) is 0. The largest absolute Gasteiger partial charge is 0.0776 e. The summed E-state index contributed by atoms with van der Waals surface area (Å²) in [5, 5.41) is 0. The van der Waals surface area contributed by atoms with Crippen molar-refractivity contribution in [2.45, 2.75) is 56.4 Å². The molecule has 0 amide bonds. The van der Waals surface area contributed by atoms with Gasteiger partial charge in [0.25, 0.3) is 0 Å². The molecule has 0 heterocycles. The molecule has 0 nitrogen and oxygen atoms in total. The van der Waals surface area contributed by atoms with Crippen molar-refractivity contribution in [2.75, 3.05) is 0 Å². The fourth-order valence-electron chi connectivity index (χ4n) is 0. The first-order valence-corrected chi connectivity index (χ1v) is 3.00. The minimum atomic E-state index is 0. The van der Waals surface area contributed by atoms with Crippen molar-refractivity contribution in [2.24, 2.45) is 0 Å². The van der Waals surface area contributed by atoms with E-state index in [9.17, 15) is 0 Å². The lowest BCUT2D eigenvalue weighted by Gasteiger charge is -1.07. The molecule has 0 aliphatic carbocycles. The molecule has 0 saturated heterocycles. The van der Waals surface area contributed by atoms with E-state index < -0.39 is 0 Å². The van der Waals surface area contributed by atoms with E-state index in [1.165, 1.54) is 0 Å². The molecular weight excluding hydrogens is 118 g/mol. The lowest BCUT2D eigenvalue weighted by atomic mass is 10.8. The number of hydrogen-bond acceptors (Lipinski definition) is 0. The first-order valence-electron chi connectivity index (χ1n) is 3.00. The van der Waals surface area contributed by atoms with Gasteiger partial charge in [0.15, 0.2) is 0 Å². The van der Waals surface area contributed by atoms with Gasteiger partial charge in [0.2, 0.25) is 0 Å². The molecule has 0 atom stereocenters. The fraction of sp³-hybridized carbons (Fsp3) is 1.00. The van der Waals surface area contributed by atoms with E-state index in [0.29, 0.717) is 0 Å². The van der Waals surface area contributed by atoms with Crippen LogP contribution in [0.3, 0.4) is 0 Å². The predicted molar refractivity (Wildman–Crippen MR) is 59.0 cm³/mol. The highest BCUT2D eigenvalue weighted by Crippen LogP contribution is 1.15. The summed E-state index contributed by atoms with van der Waals surface area (Å²) in [6.07, 6.45) is 0. The van der Waals surface area contributed by atoms with Gasteiger partial charge < -0.3 is 0 Å². The number of hydrogen-bond donors (Lipinski definition) is 0. The van der Waals surface area contributed by atoms with Crippen LogP contribution >= 0.6 is 0 Å². The van der Waals surface area contributed by atoms with E-state index in [0.717, 1.165) is 0 Å². The van der Waals surface area contributed by atoms with Gasteiger partial charge in [-0.3, -0.25) is 0 Å². The molecule has 0 aromatic rings. The standard InChI is InChI=1S/3C2H6.2CH4.2B/c3*1-2;;;;/h3*1-2H3;2*1H4;;. The molecule has 0 aliphatic heterocycles. The van der Waals surface area contributed by atoms with E-state index in [4.69, 9.17) is 0 Å². The van der Waals surface area contributed by atoms with Gasteiger partial charge in [0.05, 0.1) is 0 Å². The van der Waals surface area contributed by atoms with Crippen LogP contribution in [0, 0.1) is 0 Å². The molecule has 0 N–H and O–H groups in total. The second-order valence-corrected chi connectivity index (χ2v) is 0. The van der Waals surface area contributed by atoms with E-state index in [1.807, 2.05) is 41.5 Å². The van der Waals surface area contributed by atoms with Gasteiger partial charge in [-0.15, -0.1) is 0 Å². The van der Waals surface area contributed by atoms with Gasteiger partial charge in [0.1, 0.15) is 0 Å². The van der Waals surface area contributed by atoms with Crippen LogP contribution in [0.1, 0.15) is 56.4 Å². The Morgan fingerprint density at radius 3 is 0.400 bits per heavy atom. The van der Waals surface area contributed by atoms with E-state index in [1.54, 1.807) is 0 Å². The van der Waals surface area contributed by atoms with Crippen molar-refractivity contribution in [3.8, 4) is 0 Å². The third-order valence-corrected chi connectivity index (χ3v) is 0. The molecule has 0 fully saturated rings. The summed E-state index contributed by atoms with van der Waals surface area (Å²) in [6, 6.07) is 0. The zero-order valence-corrected chi connectivity index (χ0v) is 7.15. The monoisotopic (exact) mass is 144 g/mol. The summed E-state index contributed by atoms with van der Waals surface area (Å²) >= 11 is 0. The van der Waals surface area contributed by atoms with Gasteiger partial charge in [0, 0.05) is 16.8 Å². The third-order valence-electron chi connectivity index (χ3n) is 0. The predicted octanol–water partition coefficient (Wildman–Crippen LogP) is 3.59. The highest BCUT2D eigenvalue weighted by Gasteiger charge is 0.936. The van der Waals surface area contributed by atoms with Crippen LogP contribution in [0.5, 0.6) is 0 Å². The maximum atomic E-state index is 2.00. The Labute approximate surface area is 74.0 Å². The van der Waals surface area contributed by atoms with E-state index in [-0.39, 0.29) is 31.7 Å². The van der Waals surface area contributed by atoms with Gasteiger partial charge in [-0.25, -0.2) is 0 Å². The van der Waals surface area contributed by atoms with Gasteiger partial charge in [-0.1, -0.05) is 56.4 Å². The van der Waals surface area contributed by atoms with Crippen molar-refractivity contribution >= 4 is 16.8 Å². The van der Waals surface area contributed by atoms with Crippen LogP contribution in [0.15, 0.2) is 0 Å². The molecule has 10 heavy (non-hydrogen) atoms. The minimum Gasteiger partial charge on any atom is -0.0776 e. The molecule has 6 radical (unpaired) electrons. The van der Waals surface area contributed by atoms with Crippen LogP contribution < -0.4 is 0 Å². The summed E-state index contributed by atoms with van der Waals surface area (Å²) < 4.78 is 0. The molecule has 0 saturated carbocycles. The van der Waals surface area contributed by atoms with Crippen LogP contribution in [-0.4, -0.2) is 16.8 Å². The van der Waals surface area contributed by atoms with Crippen LogP contribution in [0.2, 0.25) is 0 Å². The molecular formula is C8H26B2. The summed E-state index contributed by atoms with van der Waals surface area (Å²) in [6.45, 7) is 12.0. The average Bonchev–Trinajstić information content (AvgIpc) is 1.81. The van der Waals surface area contributed by atoms with E-state index >= 15 is 0 Å². The minimum absolute atomic E-state index is 0. The molecule has 0 bridgehead atoms. The molecule has 0 aromatic heterocycles. The van der Waals surface area contributed by atoms with Crippen molar-refractivity contribution in [3.05, 3.63) is 0 Å². The second-order valence-electron chi connectivity index (χ2n) is 0. The topological polar surface area (TPSA) is 0 Å². The average molecular weight is 144 g/mol. The summed E-state index contributed by atoms with van der Waals surface area (Å²) in [5.74, 6) is 0. The highest BCUT2D eigenvalue weighted by molar-refractivity contribution is 5.76. The Morgan fingerprint density at radius 2 is 0.400 bits per heavy atom. The Hall–Kier alpha value is 0.130. The normalized spacial score (nSPS) is 1.80. The summed E-state index contributed by atoms with van der Waals surface area (Å²) in [4.78, 5) is 0. The van der Waals surface area contributed by atoms with Crippen molar-refractivity contribution in [1.29, 1.82) is 0 Å². The molecule has 0 aromatic carbocycles. The first-order chi connectivity index (χ1) is 3.00. The number of rotatable bonds is 0. The van der Waals surface area contributed by atoms with Crippen LogP contribution in [0.25, 0.3) is 0 Å². The Bertz CT molecular complexity index is 7.22. The van der Waals surface area contributed by atoms with Crippen molar-refractivity contribution < 1.29 is 0 Å². The van der Waals surface area contributed by atoms with Gasteiger partial charge in [-0.05, 0) is 0 Å². The highest BCUT2D eigenvalue weighted by atomic mass is 13.0. The summed E-state index contributed by atoms with van der Waals surface area (Å²) in [5.41, 5.74) is 0. The smallest absolute Gasteiger partial charge is 0 e. The Kier molecular flexibility index (Phi) is 308000. The second kappa shape index (κ2) is 35800. The van der Waals surface area contributed by atoms with Gasteiger partial charge in [-0.2, -0.15) is 0 Å². The maximum Gasteiger partial charge on any atom is 0 e. The molecule has 2 heteroatoms. The SMILES string of the molecule is C.C.CC.CC.CC.[B].[B]. The third kappa shape index (κ3) is 24500. The quantitative estimate of drug-likeness (QED) is 0.455. The van der Waals surface area contributed by atoms with E-state index in [2.05, 4.69) is 0 Å². The maximum absolute atomic E-state index is 2.00. The van der Waals surface area contributed by atoms with Crippen molar-refractivity contribution in [1.82, 2.24) is 0 Å². The molecule has 0 rings (SSSR count). The molecule has 0 aliphatic rings. The van der Waals surface area contributed by atoms with Crippen molar-refractivity contribution in [3.63, 3.8) is 0 Å². The first kappa shape index (κ1) is 86.2. The molecule has 0 unspecified atom stereocenters. The zero-order chi connectivity index (χ0) is 6.00. The fourth-order valence-corrected chi connectivity index (χ4v) is 0. The molecule has 64 valence electrons. The lowest BCUT2D eigenvalue weighted by molar-refractivity contribution is 1.50. The zero-order valence-electron chi connectivity index (χ0n) is 7.15.